The van der Waals surface area contributed by atoms with Crippen LogP contribution in [0.4, 0.5) is 0 Å². The van der Waals surface area contributed by atoms with Gasteiger partial charge >= 0.3 is 11.9 Å². The van der Waals surface area contributed by atoms with Crippen LogP contribution in [0.2, 0.25) is 0 Å². The number of hydrogen-bond acceptors (Lipinski definition) is 5. The molecule has 0 saturated heterocycles. The number of unbranched alkanes of at least 4 members (excludes halogenated alkanes) is 2. The molecule has 0 radical (unpaired) electrons. The number of hydrogen-bond donors (Lipinski definition) is 0. The minimum atomic E-state index is -0.468. The van der Waals surface area contributed by atoms with E-state index in [9.17, 15) is 9.59 Å². The topological polar surface area (TPSA) is 61.8 Å². The Kier molecular flexibility index (Phi) is 6.59. The molecule has 5 nitrogen and oxygen atoms in total. The first-order valence-electron chi connectivity index (χ1n) is 11.0. The van der Waals surface area contributed by atoms with Crippen LogP contribution in [-0.2, 0) is 16.0 Å². The number of rotatable bonds is 6. The molecule has 0 bridgehead atoms. The summed E-state index contributed by atoms with van der Waals surface area (Å²) >= 11 is 0. The van der Waals surface area contributed by atoms with Crippen LogP contribution < -0.4 is 9.47 Å². The quantitative estimate of drug-likeness (QED) is 0.257. The SMILES string of the molecule is CCCCCc1cc2c(c(OC(C)=O)c1C(=O)OC)C1CC(C)=CC[C@H]1C(C)(C)O2. The Morgan fingerprint density at radius 1 is 1.27 bits per heavy atom. The molecule has 0 aromatic heterocycles. The van der Waals surface area contributed by atoms with E-state index in [2.05, 4.69) is 33.8 Å². The van der Waals surface area contributed by atoms with Gasteiger partial charge in [-0.15, -0.1) is 0 Å². The van der Waals surface area contributed by atoms with Gasteiger partial charge in [0.2, 0.25) is 0 Å². The number of ether oxygens (including phenoxy) is 3. The largest absolute Gasteiger partial charge is 0.487 e. The van der Waals surface area contributed by atoms with E-state index in [0.717, 1.165) is 49.0 Å². The van der Waals surface area contributed by atoms with Crippen molar-refractivity contribution in [3.63, 3.8) is 0 Å². The lowest BCUT2D eigenvalue weighted by atomic mass is 9.66. The van der Waals surface area contributed by atoms with E-state index < -0.39 is 11.9 Å². The van der Waals surface area contributed by atoms with E-state index >= 15 is 0 Å². The molecule has 0 amide bonds. The number of aryl methyl sites for hydroxylation is 1. The zero-order chi connectivity index (χ0) is 22.1. The predicted molar refractivity (Wildman–Crippen MR) is 116 cm³/mol. The van der Waals surface area contributed by atoms with Crippen LogP contribution in [0.25, 0.3) is 0 Å². The Balaban J connectivity index is 2.25. The number of benzene rings is 1. The summed E-state index contributed by atoms with van der Waals surface area (Å²) in [6.45, 7) is 9.89. The molecule has 30 heavy (non-hydrogen) atoms. The van der Waals surface area contributed by atoms with Crippen LogP contribution in [0.3, 0.4) is 0 Å². The Labute approximate surface area is 179 Å². The van der Waals surface area contributed by atoms with Gasteiger partial charge in [-0.05, 0) is 58.1 Å². The smallest absolute Gasteiger partial charge is 0.341 e. The molecule has 0 fully saturated rings. The average Bonchev–Trinajstić information content (AvgIpc) is 2.66. The van der Waals surface area contributed by atoms with Crippen molar-refractivity contribution < 1.29 is 23.8 Å². The lowest BCUT2D eigenvalue weighted by Gasteiger charge is -2.47. The first-order chi connectivity index (χ1) is 14.2. The minimum Gasteiger partial charge on any atom is -0.487 e. The molecule has 164 valence electrons. The van der Waals surface area contributed by atoms with Gasteiger partial charge in [0, 0.05) is 24.3 Å². The molecule has 0 saturated carbocycles. The number of fused-ring (bicyclic) bond motifs is 3. The molecule has 1 aliphatic carbocycles. The third-order valence-corrected chi connectivity index (χ3v) is 6.43. The van der Waals surface area contributed by atoms with Crippen LogP contribution in [0.5, 0.6) is 11.5 Å². The fourth-order valence-electron chi connectivity index (χ4n) is 4.97. The standard InChI is InChI=1S/C25H34O5/c1-7-8-9-10-17-14-20-22(23(29-16(3)26)21(17)24(27)28-6)18-13-15(2)11-12-19(18)25(4,5)30-20/h11,14,18-19H,7-10,12-13H2,1-6H3/t18?,19-/m1/s1. The average molecular weight is 415 g/mol. The van der Waals surface area contributed by atoms with Crippen LogP contribution in [-0.4, -0.2) is 24.6 Å². The van der Waals surface area contributed by atoms with E-state index in [1.165, 1.54) is 19.6 Å². The maximum Gasteiger partial charge on any atom is 0.341 e. The molecule has 1 aromatic rings. The molecular weight excluding hydrogens is 380 g/mol. The van der Waals surface area contributed by atoms with Crippen molar-refractivity contribution in [3.05, 3.63) is 34.4 Å². The Hall–Kier alpha value is -2.30. The zero-order valence-corrected chi connectivity index (χ0v) is 19.1. The molecular formula is C25H34O5. The molecule has 1 aromatic carbocycles. The van der Waals surface area contributed by atoms with Gasteiger partial charge in [0.25, 0.3) is 0 Å². The third-order valence-electron chi connectivity index (χ3n) is 6.43. The van der Waals surface area contributed by atoms with Gasteiger partial charge in [-0.25, -0.2) is 4.79 Å². The summed E-state index contributed by atoms with van der Waals surface area (Å²) in [6, 6.07) is 1.98. The van der Waals surface area contributed by atoms with Gasteiger partial charge in [0.05, 0.1) is 7.11 Å². The number of carbonyl (C=O) groups excluding carboxylic acids is 2. The highest BCUT2D eigenvalue weighted by atomic mass is 16.5. The molecule has 1 aliphatic heterocycles. The maximum atomic E-state index is 12.8. The van der Waals surface area contributed by atoms with Gasteiger partial charge in [-0.1, -0.05) is 31.4 Å². The highest BCUT2D eigenvalue weighted by Gasteiger charge is 2.47. The summed E-state index contributed by atoms with van der Waals surface area (Å²) < 4.78 is 17.3. The second-order valence-electron chi connectivity index (χ2n) is 9.10. The summed E-state index contributed by atoms with van der Waals surface area (Å²) in [4.78, 5) is 24.9. The Morgan fingerprint density at radius 2 is 2.00 bits per heavy atom. The lowest BCUT2D eigenvalue weighted by molar-refractivity contribution is -0.132. The molecule has 2 atom stereocenters. The summed E-state index contributed by atoms with van der Waals surface area (Å²) in [6.07, 6.45) is 7.80. The summed E-state index contributed by atoms with van der Waals surface area (Å²) in [7, 11) is 1.37. The van der Waals surface area contributed by atoms with Crippen LogP contribution >= 0.6 is 0 Å². The van der Waals surface area contributed by atoms with Gasteiger partial charge in [-0.2, -0.15) is 0 Å². The number of methoxy groups -OCH3 is 1. The first-order valence-corrected chi connectivity index (χ1v) is 11.0. The molecule has 0 N–H and O–H groups in total. The molecule has 1 heterocycles. The second-order valence-corrected chi connectivity index (χ2v) is 9.10. The minimum absolute atomic E-state index is 0.121. The number of allylic oxidation sites excluding steroid dienone is 2. The fraction of sp³-hybridized carbons (Fsp3) is 0.600. The van der Waals surface area contributed by atoms with Crippen molar-refractivity contribution >= 4 is 11.9 Å². The number of carbonyl (C=O) groups is 2. The van der Waals surface area contributed by atoms with E-state index in [4.69, 9.17) is 14.2 Å². The Morgan fingerprint density at radius 3 is 2.63 bits per heavy atom. The van der Waals surface area contributed by atoms with Gasteiger partial charge in [0.15, 0.2) is 5.75 Å². The van der Waals surface area contributed by atoms with E-state index in [1.54, 1.807) is 0 Å². The highest BCUT2D eigenvalue weighted by Crippen LogP contribution is 2.55. The van der Waals surface area contributed by atoms with Crippen molar-refractivity contribution in [1.29, 1.82) is 0 Å². The second kappa shape index (κ2) is 8.83. The summed E-state index contributed by atoms with van der Waals surface area (Å²) in [5.41, 5.74) is 2.98. The highest BCUT2D eigenvalue weighted by molar-refractivity contribution is 5.96. The monoisotopic (exact) mass is 414 g/mol. The van der Waals surface area contributed by atoms with Crippen molar-refractivity contribution in [2.24, 2.45) is 5.92 Å². The van der Waals surface area contributed by atoms with E-state index in [0.29, 0.717) is 17.7 Å². The predicted octanol–water partition coefficient (Wildman–Crippen LogP) is 5.74. The normalized spacial score (nSPS) is 21.6. The van der Waals surface area contributed by atoms with Gasteiger partial charge < -0.3 is 14.2 Å². The summed E-state index contributed by atoms with van der Waals surface area (Å²) in [5.74, 6) is 0.503. The van der Waals surface area contributed by atoms with Crippen molar-refractivity contribution in [3.8, 4) is 11.5 Å². The zero-order valence-electron chi connectivity index (χ0n) is 19.1. The lowest BCUT2D eigenvalue weighted by Crippen LogP contribution is -2.45. The molecule has 0 spiro atoms. The molecule has 1 unspecified atom stereocenters. The third kappa shape index (κ3) is 4.26. The van der Waals surface area contributed by atoms with Gasteiger partial charge in [0.1, 0.15) is 16.9 Å². The summed E-state index contributed by atoms with van der Waals surface area (Å²) in [5, 5.41) is 0. The Bertz CT molecular complexity index is 865. The van der Waals surface area contributed by atoms with Crippen LogP contribution in [0, 0.1) is 5.92 Å². The molecule has 3 rings (SSSR count). The maximum absolute atomic E-state index is 12.8. The van der Waals surface area contributed by atoms with Gasteiger partial charge in [-0.3, -0.25) is 4.79 Å². The van der Waals surface area contributed by atoms with Crippen LogP contribution in [0.1, 0.15) is 94.1 Å². The van der Waals surface area contributed by atoms with Crippen molar-refractivity contribution in [2.75, 3.05) is 7.11 Å². The van der Waals surface area contributed by atoms with Crippen molar-refractivity contribution in [1.82, 2.24) is 0 Å². The van der Waals surface area contributed by atoms with Crippen molar-refractivity contribution in [2.45, 2.75) is 84.7 Å². The van der Waals surface area contributed by atoms with Crippen LogP contribution in [0.15, 0.2) is 17.7 Å². The first kappa shape index (κ1) is 22.4. The molecule has 5 heteroatoms. The molecule has 2 aliphatic rings. The van der Waals surface area contributed by atoms with E-state index in [-0.39, 0.29) is 17.4 Å². The fourth-order valence-corrected chi connectivity index (χ4v) is 4.97. The number of esters is 2. The van der Waals surface area contributed by atoms with E-state index in [1.807, 2.05) is 6.07 Å².